The molecule has 2 heterocycles. The van der Waals surface area contributed by atoms with Crippen molar-refractivity contribution in [2.24, 2.45) is 0 Å². The van der Waals surface area contributed by atoms with Crippen molar-refractivity contribution in [1.82, 2.24) is 14.6 Å². The number of rotatable bonds is 4. The van der Waals surface area contributed by atoms with Gasteiger partial charge in [-0.1, -0.05) is 11.6 Å². The summed E-state index contributed by atoms with van der Waals surface area (Å²) < 4.78 is 6.78. The number of benzene rings is 1. The Hall–Kier alpha value is -2.11. The van der Waals surface area contributed by atoms with Gasteiger partial charge in [0.2, 0.25) is 0 Å². The average Bonchev–Trinajstić information content (AvgIpc) is 2.93. The number of ether oxygens (including phenoxy) is 1. The van der Waals surface area contributed by atoms with Crippen molar-refractivity contribution in [2.75, 3.05) is 6.61 Å². The predicted molar refractivity (Wildman–Crippen MR) is 84.8 cm³/mol. The van der Waals surface area contributed by atoms with Crippen LogP contribution in [-0.2, 0) is 0 Å². The Morgan fingerprint density at radius 3 is 2.68 bits per heavy atom. The Morgan fingerprint density at radius 1 is 1.32 bits per heavy atom. The molecule has 0 saturated heterocycles. The second-order valence-electron chi connectivity index (χ2n) is 4.49. The minimum absolute atomic E-state index is 0.219. The van der Waals surface area contributed by atoms with Gasteiger partial charge in [0.25, 0.3) is 5.24 Å². The summed E-state index contributed by atoms with van der Waals surface area (Å²) in [5, 5.41) is 3.73. The lowest BCUT2D eigenvalue weighted by atomic mass is 10.1. The Labute approximate surface area is 136 Å². The van der Waals surface area contributed by atoms with Gasteiger partial charge in [-0.3, -0.25) is 4.79 Å². The second-order valence-corrected chi connectivity index (χ2v) is 5.22. The SMILES string of the molecule is CCOc1ccc(-c2cc(Cl)n3ncc(C(=O)Cl)c3n2)cc1. The summed E-state index contributed by atoms with van der Waals surface area (Å²) in [6.45, 7) is 2.53. The topological polar surface area (TPSA) is 56.5 Å². The van der Waals surface area contributed by atoms with Gasteiger partial charge >= 0.3 is 0 Å². The molecule has 3 rings (SSSR count). The largest absolute Gasteiger partial charge is 0.494 e. The molecule has 0 atom stereocenters. The van der Waals surface area contributed by atoms with Crippen LogP contribution in [0.1, 0.15) is 17.3 Å². The Kier molecular flexibility index (Phi) is 4.00. The van der Waals surface area contributed by atoms with Gasteiger partial charge in [-0.05, 0) is 42.8 Å². The summed E-state index contributed by atoms with van der Waals surface area (Å²) in [5.41, 5.74) is 2.02. The summed E-state index contributed by atoms with van der Waals surface area (Å²) >= 11 is 11.7. The molecule has 5 nitrogen and oxygen atoms in total. The molecule has 22 heavy (non-hydrogen) atoms. The van der Waals surface area contributed by atoms with Crippen LogP contribution in [0.5, 0.6) is 5.75 Å². The fourth-order valence-corrected chi connectivity index (χ4v) is 2.46. The summed E-state index contributed by atoms with van der Waals surface area (Å²) in [7, 11) is 0. The number of halogens is 2. The molecule has 0 radical (unpaired) electrons. The van der Waals surface area contributed by atoms with Crippen LogP contribution in [0.3, 0.4) is 0 Å². The number of hydrogen-bond donors (Lipinski definition) is 0. The summed E-state index contributed by atoms with van der Waals surface area (Å²) in [6, 6.07) is 9.13. The van der Waals surface area contributed by atoms with Crippen LogP contribution < -0.4 is 4.74 Å². The van der Waals surface area contributed by atoms with E-state index in [-0.39, 0.29) is 5.56 Å². The highest BCUT2D eigenvalue weighted by Crippen LogP contribution is 2.25. The van der Waals surface area contributed by atoms with Gasteiger partial charge in [-0.15, -0.1) is 0 Å². The Morgan fingerprint density at radius 2 is 2.05 bits per heavy atom. The van der Waals surface area contributed by atoms with Crippen LogP contribution in [0.4, 0.5) is 0 Å². The molecule has 3 aromatic rings. The maximum absolute atomic E-state index is 11.4. The van der Waals surface area contributed by atoms with Gasteiger partial charge in [0.15, 0.2) is 5.65 Å². The lowest BCUT2D eigenvalue weighted by molar-refractivity contribution is 0.108. The van der Waals surface area contributed by atoms with Crippen LogP contribution in [0, 0.1) is 0 Å². The zero-order valence-electron chi connectivity index (χ0n) is 11.6. The first-order valence-corrected chi connectivity index (χ1v) is 7.33. The normalized spacial score (nSPS) is 10.9. The third-order valence-electron chi connectivity index (χ3n) is 3.10. The van der Waals surface area contributed by atoms with Crippen molar-refractivity contribution in [1.29, 1.82) is 0 Å². The number of carbonyl (C=O) groups is 1. The van der Waals surface area contributed by atoms with Crippen molar-refractivity contribution >= 4 is 34.1 Å². The predicted octanol–water partition coefficient (Wildman–Crippen LogP) is 3.83. The monoisotopic (exact) mass is 335 g/mol. The van der Waals surface area contributed by atoms with Crippen LogP contribution >= 0.6 is 23.2 Å². The van der Waals surface area contributed by atoms with Gasteiger partial charge in [-0.2, -0.15) is 5.10 Å². The molecule has 0 aliphatic carbocycles. The quantitative estimate of drug-likeness (QED) is 0.537. The second kappa shape index (κ2) is 5.94. The van der Waals surface area contributed by atoms with Crippen molar-refractivity contribution in [3.05, 3.63) is 47.2 Å². The molecule has 7 heteroatoms. The van der Waals surface area contributed by atoms with Gasteiger partial charge in [0.1, 0.15) is 10.9 Å². The molecule has 0 aliphatic heterocycles. The highest BCUT2D eigenvalue weighted by Gasteiger charge is 2.15. The molecule has 2 aromatic heterocycles. The van der Waals surface area contributed by atoms with E-state index in [4.69, 9.17) is 27.9 Å². The lowest BCUT2D eigenvalue weighted by Crippen LogP contribution is -1.97. The van der Waals surface area contributed by atoms with E-state index in [9.17, 15) is 4.79 Å². The zero-order chi connectivity index (χ0) is 15.7. The van der Waals surface area contributed by atoms with Gasteiger partial charge < -0.3 is 4.74 Å². The van der Waals surface area contributed by atoms with Gasteiger partial charge in [0.05, 0.1) is 24.1 Å². The fourth-order valence-electron chi connectivity index (χ4n) is 2.10. The molecule has 0 saturated carbocycles. The van der Waals surface area contributed by atoms with Gasteiger partial charge in [0, 0.05) is 11.6 Å². The minimum Gasteiger partial charge on any atom is -0.494 e. The molecule has 0 fully saturated rings. The van der Waals surface area contributed by atoms with Crippen LogP contribution in [0.2, 0.25) is 5.15 Å². The summed E-state index contributed by atoms with van der Waals surface area (Å²) in [4.78, 5) is 15.8. The summed E-state index contributed by atoms with van der Waals surface area (Å²) in [5.74, 6) is 0.777. The van der Waals surface area contributed by atoms with Crippen LogP contribution in [0.15, 0.2) is 36.5 Å². The number of aromatic nitrogens is 3. The van der Waals surface area contributed by atoms with E-state index >= 15 is 0 Å². The van der Waals surface area contributed by atoms with E-state index < -0.39 is 5.24 Å². The molecule has 0 N–H and O–H groups in total. The van der Waals surface area contributed by atoms with Crippen LogP contribution in [0.25, 0.3) is 16.9 Å². The number of fused-ring (bicyclic) bond motifs is 1. The van der Waals surface area contributed by atoms with E-state index in [1.807, 2.05) is 31.2 Å². The fraction of sp³-hybridized carbons (Fsp3) is 0.133. The van der Waals surface area contributed by atoms with Crippen molar-refractivity contribution in [2.45, 2.75) is 6.92 Å². The minimum atomic E-state index is -0.623. The van der Waals surface area contributed by atoms with E-state index in [0.29, 0.717) is 23.1 Å². The van der Waals surface area contributed by atoms with E-state index in [1.165, 1.54) is 10.7 Å². The highest BCUT2D eigenvalue weighted by molar-refractivity contribution is 6.68. The molecule has 0 bridgehead atoms. The molecular weight excluding hydrogens is 325 g/mol. The van der Waals surface area contributed by atoms with Crippen LogP contribution in [-0.4, -0.2) is 26.4 Å². The third kappa shape index (κ3) is 2.65. The highest BCUT2D eigenvalue weighted by atomic mass is 35.5. The molecule has 0 aliphatic rings. The first kappa shape index (κ1) is 14.8. The molecule has 1 aromatic carbocycles. The van der Waals surface area contributed by atoms with Crippen molar-refractivity contribution in [3.8, 4) is 17.0 Å². The molecular formula is C15H11Cl2N3O2. The number of hydrogen-bond acceptors (Lipinski definition) is 4. The molecule has 0 amide bonds. The standard InChI is InChI=1S/C15H11Cl2N3O2/c1-2-22-10-5-3-9(4-6-10)12-7-13(16)20-15(19-12)11(8-18-20)14(17)21/h3-8H,2H2,1H3. The maximum Gasteiger partial charge on any atom is 0.257 e. The van der Waals surface area contributed by atoms with Gasteiger partial charge in [-0.25, -0.2) is 9.50 Å². The molecule has 0 unspecified atom stereocenters. The first-order valence-electron chi connectivity index (χ1n) is 6.57. The van der Waals surface area contributed by atoms with Crippen molar-refractivity contribution < 1.29 is 9.53 Å². The summed E-state index contributed by atoms with van der Waals surface area (Å²) in [6.07, 6.45) is 1.35. The van der Waals surface area contributed by atoms with Crippen molar-refractivity contribution in [3.63, 3.8) is 0 Å². The molecule has 0 spiro atoms. The number of nitrogens with zero attached hydrogens (tertiary/aromatic N) is 3. The van der Waals surface area contributed by atoms with E-state index in [0.717, 1.165) is 11.3 Å². The molecule has 112 valence electrons. The third-order valence-corrected chi connectivity index (χ3v) is 3.57. The lowest BCUT2D eigenvalue weighted by Gasteiger charge is -2.06. The smallest absolute Gasteiger partial charge is 0.257 e. The van der Waals surface area contributed by atoms with E-state index in [2.05, 4.69) is 10.1 Å². The number of carbonyl (C=O) groups excluding carboxylic acids is 1. The first-order chi connectivity index (χ1) is 10.6. The average molecular weight is 336 g/mol. The maximum atomic E-state index is 11.4. The Bertz CT molecular complexity index is 844. The zero-order valence-corrected chi connectivity index (χ0v) is 13.1. The van der Waals surface area contributed by atoms with E-state index in [1.54, 1.807) is 6.07 Å². The Balaban J connectivity index is 2.10.